The highest BCUT2D eigenvalue weighted by molar-refractivity contribution is 7.42. The van der Waals surface area contributed by atoms with Gasteiger partial charge in [0.05, 0.1) is 12.2 Å². The van der Waals surface area contributed by atoms with Gasteiger partial charge in [-0.2, -0.15) is 0 Å². The maximum Gasteiger partial charge on any atom is 0.497 e. The summed E-state index contributed by atoms with van der Waals surface area (Å²) in [5, 5.41) is 0. The van der Waals surface area contributed by atoms with Crippen molar-refractivity contribution < 1.29 is 27.8 Å². The molecule has 0 heterocycles. The molecule has 0 aromatic heterocycles. The molecule has 49 heavy (non-hydrogen) atoms. The van der Waals surface area contributed by atoms with Crippen molar-refractivity contribution >= 4 is 14.6 Å². The van der Waals surface area contributed by atoms with E-state index in [0.717, 1.165) is 40.7 Å². The van der Waals surface area contributed by atoms with E-state index >= 15 is 0 Å². The number of esters is 1. The number of unbranched alkanes of at least 4 members (excludes halogenated alkanes) is 9. The number of benzene rings is 2. The predicted octanol–water partition coefficient (Wildman–Crippen LogP) is 13.8. The molecule has 7 heteroatoms. The molecule has 0 aliphatic heterocycles. The zero-order valence-electron chi connectivity index (χ0n) is 33.5. The Morgan fingerprint density at radius 1 is 0.592 bits per heavy atom. The van der Waals surface area contributed by atoms with Crippen LogP contribution in [0.5, 0.6) is 11.5 Å². The van der Waals surface area contributed by atoms with Crippen LogP contribution in [0.1, 0.15) is 192 Å². The molecule has 0 N–H and O–H groups in total. The molecule has 0 aliphatic carbocycles. The molecule has 2 aromatic rings. The fraction of sp³-hybridized carbons (Fsp3) is 0.690. The maximum absolute atomic E-state index is 14.6. The van der Waals surface area contributed by atoms with Gasteiger partial charge < -0.3 is 13.8 Å². The third kappa shape index (κ3) is 13.5. The van der Waals surface area contributed by atoms with E-state index < -0.39 is 19.4 Å². The molecule has 0 aliphatic rings. The van der Waals surface area contributed by atoms with E-state index in [1.165, 1.54) is 51.4 Å². The molecule has 0 bridgehead atoms. The topological polar surface area (TPSA) is 54.0 Å². The standard InChI is InChI=1S/C42H68FO5P/c1-15-16-17-18-19-20-21-22-23-24-25-45-38(44)31-28-34(41(9,10)11)37(35(29-31)42(12,13)14)47-49(48-43)46-36-32(39(3,4)5)26-30(2)27-33(36)40(6,7)8/h26-29H,15-25H2,1-14H3. The zero-order valence-corrected chi connectivity index (χ0v) is 34.3. The van der Waals surface area contributed by atoms with Gasteiger partial charge >= 0.3 is 14.6 Å². The van der Waals surface area contributed by atoms with E-state index in [-0.39, 0.29) is 16.8 Å². The maximum atomic E-state index is 14.6. The summed E-state index contributed by atoms with van der Waals surface area (Å²) in [5.41, 5.74) is 3.55. The first-order valence-corrected chi connectivity index (χ1v) is 19.7. The van der Waals surface area contributed by atoms with Gasteiger partial charge in [-0.05, 0) is 51.7 Å². The Morgan fingerprint density at radius 3 is 1.29 bits per heavy atom. The lowest BCUT2D eigenvalue weighted by Gasteiger charge is -2.32. The Balaban J connectivity index is 2.37. The molecule has 1 unspecified atom stereocenters. The van der Waals surface area contributed by atoms with Crippen LogP contribution in [0.3, 0.4) is 0 Å². The fourth-order valence-electron chi connectivity index (χ4n) is 5.98. The van der Waals surface area contributed by atoms with Gasteiger partial charge in [-0.25, -0.2) is 4.79 Å². The number of ether oxygens (including phenoxy) is 1. The minimum Gasteiger partial charge on any atom is -0.462 e. The molecule has 278 valence electrons. The molecule has 5 nitrogen and oxygen atoms in total. The Bertz CT molecular complexity index is 1270. The van der Waals surface area contributed by atoms with Gasteiger partial charge in [0.2, 0.25) is 0 Å². The number of rotatable bonds is 17. The highest BCUT2D eigenvalue weighted by atomic mass is 31.2. The lowest BCUT2D eigenvalue weighted by Crippen LogP contribution is -2.22. The van der Waals surface area contributed by atoms with E-state index in [9.17, 15) is 9.32 Å². The minimum absolute atomic E-state index is 0.276. The van der Waals surface area contributed by atoms with Crippen LogP contribution in [0, 0.1) is 6.92 Å². The molecule has 0 saturated carbocycles. The van der Waals surface area contributed by atoms with Crippen LogP contribution in [0.2, 0.25) is 0 Å². The van der Waals surface area contributed by atoms with Gasteiger partial charge in [-0.1, -0.05) is 170 Å². The van der Waals surface area contributed by atoms with Gasteiger partial charge in [0.1, 0.15) is 11.5 Å². The summed E-state index contributed by atoms with van der Waals surface area (Å²) in [7, 11) is -2.50. The summed E-state index contributed by atoms with van der Waals surface area (Å²) in [6, 6.07) is 7.83. The molecular formula is C42H68FO5P. The Morgan fingerprint density at radius 2 is 0.939 bits per heavy atom. The third-order valence-corrected chi connectivity index (χ3v) is 9.68. The van der Waals surface area contributed by atoms with Gasteiger partial charge in [-0.15, -0.1) is 0 Å². The summed E-state index contributed by atoms with van der Waals surface area (Å²) in [5.74, 6) is 0.691. The van der Waals surface area contributed by atoms with Crippen LogP contribution in [0.15, 0.2) is 24.3 Å². The van der Waals surface area contributed by atoms with Crippen LogP contribution in [0.4, 0.5) is 4.53 Å². The van der Waals surface area contributed by atoms with E-state index in [0.29, 0.717) is 23.7 Å². The number of aryl methyl sites for hydroxylation is 1. The minimum atomic E-state index is -2.50. The third-order valence-electron chi connectivity index (χ3n) is 8.91. The van der Waals surface area contributed by atoms with E-state index in [4.69, 9.17) is 13.8 Å². The van der Waals surface area contributed by atoms with Crippen LogP contribution < -0.4 is 9.05 Å². The SMILES string of the molecule is CCCCCCCCCCCCOC(=O)c1cc(C(C)(C)C)c(OP(OF)Oc2c(C(C)(C)C)cc(C)cc2C(C)(C)C)c(C(C)(C)C)c1. The molecule has 0 radical (unpaired) electrons. The highest BCUT2D eigenvalue weighted by Crippen LogP contribution is 2.52. The quantitative estimate of drug-likeness (QED) is 0.0933. The Labute approximate surface area is 300 Å². The molecule has 2 rings (SSSR count). The van der Waals surface area contributed by atoms with Gasteiger partial charge in [-0.3, -0.25) is 0 Å². The summed E-state index contributed by atoms with van der Waals surface area (Å²) in [6.45, 7) is 29.7. The summed E-state index contributed by atoms with van der Waals surface area (Å²) in [6.07, 6.45) is 12.2. The first-order chi connectivity index (χ1) is 22.6. The van der Waals surface area contributed by atoms with Crippen molar-refractivity contribution in [3.05, 3.63) is 57.6 Å². The summed E-state index contributed by atoms with van der Waals surface area (Å²) in [4.78, 5) is 13.4. The van der Waals surface area contributed by atoms with Crippen molar-refractivity contribution in [1.82, 2.24) is 0 Å². The van der Waals surface area contributed by atoms with Crippen LogP contribution in [-0.4, -0.2) is 12.6 Å². The second kappa shape index (κ2) is 18.4. The average Bonchev–Trinajstić information content (AvgIpc) is 2.97. The van der Waals surface area contributed by atoms with Gasteiger partial charge in [0, 0.05) is 22.3 Å². The van der Waals surface area contributed by atoms with Crippen molar-refractivity contribution in [2.24, 2.45) is 0 Å². The number of hydrogen-bond acceptors (Lipinski definition) is 5. The number of carbonyl (C=O) groups is 1. The number of halogens is 1. The first-order valence-electron chi connectivity index (χ1n) is 18.6. The normalized spacial score (nSPS) is 13.4. The van der Waals surface area contributed by atoms with Crippen molar-refractivity contribution in [1.29, 1.82) is 0 Å². The summed E-state index contributed by atoms with van der Waals surface area (Å²) >= 11 is 0. The summed E-state index contributed by atoms with van der Waals surface area (Å²) < 4.78 is 37.7. The van der Waals surface area contributed by atoms with Crippen LogP contribution in [-0.2, 0) is 31.1 Å². The van der Waals surface area contributed by atoms with E-state index in [1.807, 2.05) is 12.1 Å². The van der Waals surface area contributed by atoms with E-state index in [2.05, 4.69) is 114 Å². The Kier molecular flexibility index (Phi) is 16.1. The molecule has 1 atom stereocenters. The average molecular weight is 703 g/mol. The van der Waals surface area contributed by atoms with E-state index in [1.54, 1.807) is 0 Å². The fourth-order valence-corrected chi connectivity index (χ4v) is 6.76. The van der Waals surface area contributed by atoms with Crippen molar-refractivity contribution in [2.45, 2.75) is 183 Å². The number of carbonyl (C=O) groups excluding carboxylic acids is 1. The monoisotopic (exact) mass is 702 g/mol. The Hall–Kier alpha value is -2.17. The smallest absolute Gasteiger partial charge is 0.462 e. The molecule has 2 aromatic carbocycles. The van der Waals surface area contributed by atoms with Gasteiger partial charge in [0.25, 0.3) is 0 Å². The zero-order chi connectivity index (χ0) is 37.2. The molecule has 0 spiro atoms. The largest absolute Gasteiger partial charge is 0.497 e. The molecule has 0 saturated heterocycles. The molecule has 0 amide bonds. The number of hydrogen-bond donors (Lipinski definition) is 0. The second-order valence-corrected chi connectivity index (χ2v) is 18.8. The highest BCUT2D eigenvalue weighted by Gasteiger charge is 2.35. The van der Waals surface area contributed by atoms with Crippen LogP contribution in [0.25, 0.3) is 0 Å². The van der Waals surface area contributed by atoms with Crippen molar-refractivity contribution in [2.75, 3.05) is 6.61 Å². The van der Waals surface area contributed by atoms with Crippen LogP contribution >= 0.6 is 8.60 Å². The van der Waals surface area contributed by atoms with Gasteiger partial charge in [0.15, 0.2) is 0 Å². The second-order valence-electron chi connectivity index (χ2n) is 17.9. The lowest BCUT2D eigenvalue weighted by atomic mass is 9.78. The predicted molar refractivity (Wildman–Crippen MR) is 205 cm³/mol. The van der Waals surface area contributed by atoms with Crippen molar-refractivity contribution in [3.63, 3.8) is 0 Å². The molecule has 0 fully saturated rings. The molecular weight excluding hydrogens is 634 g/mol. The lowest BCUT2D eigenvalue weighted by molar-refractivity contribution is -0.0161. The van der Waals surface area contributed by atoms with Crippen molar-refractivity contribution in [3.8, 4) is 11.5 Å². The first kappa shape index (κ1) is 43.0.